The molecule has 0 aliphatic carbocycles. The third-order valence-corrected chi connectivity index (χ3v) is 4.80. The highest BCUT2D eigenvalue weighted by molar-refractivity contribution is 5.79. The Hall–Kier alpha value is -2.64. The Kier molecular flexibility index (Phi) is 5.84. The van der Waals surface area contributed by atoms with Gasteiger partial charge < -0.3 is 29.5 Å². The lowest BCUT2D eigenvalue weighted by Gasteiger charge is -2.24. The van der Waals surface area contributed by atoms with Crippen LogP contribution in [0.15, 0.2) is 12.1 Å². The topological polar surface area (TPSA) is 97.3 Å². The zero-order valence-corrected chi connectivity index (χ0v) is 15.8. The first-order chi connectivity index (χ1) is 12.3. The number of urea groups is 1. The van der Waals surface area contributed by atoms with Crippen molar-refractivity contribution < 1.29 is 28.9 Å². The molecule has 2 amide bonds. The van der Waals surface area contributed by atoms with Gasteiger partial charge in [-0.2, -0.15) is 0 Å². The van der Waals surface area contributed by atoms with E-state index in [-0.39, 0.29) is 18.6 Å². The van der Waals surface area contributed by atoms with Crippen LogP contribution in [0.25, 0.3) is 0 Å². The van der Waals surface area contributed by atoms with Crippen LogP contribution in [0.1, 0.15) is 31.9 Å². The molecule has 2 rings (SSSR count). The third-order valence-electron chi connectivity index (χ3n) is 4.80. The van der Waals surface area contributed by atoms with Gasteiger partial charge in [0, 0.05) is 13.1 Å². The Morgan fingerprint density at radius 1 is 1.19 bits per heavy atom. The molecule has 0 bridgehead atoms. The normalized spacial score (nSPS) is 20.4. The molecular weight excluding hydrogens is 340 g/mol. The molecule has 1 heterocycles. The van der Waals surface area contributed by atoms with Crippen molar-refractivity contribution in [2.45, 2.75) is 26.3 Å². The first kappa shape index (κ1) is 19.7. The summed E-state index contributed by atoms with van der Waals surface area (Å²) in [5, 5.41) is 12.2. The highest BCUT2D eigenvalue weighted by Crippen LogP contribution is 2.39. The summed E-state index contributed by atoms with van der Waals surface area (Å²) in [6.07, 6.45) is 0.439. The van der Waals surface area contributed by atoms with E-state index in [0.717, 1.165) is 5.56 Å². The lowest BCUT2D eigenvalue weighted by Crippen LogP contribution is -2.41. The largest absolute Gasteiger partial charge is 0.493 e. The molecule has 1 aliphatic rings. The van der Waals surface area contributed by atoms with Gasteiger partial charge in [-0.1, -0.05) is 0 Å². The molecule has 8 heteroatoms. The summed E-state index contributed by atoms with van der Waals surface area (Å²) in [7, 11) is 4.58. The van der Waals surface area contributed by atoms with Crippen LogP contribution in [-0.4, -0.2) is 56.4 Å². The minimum absolute atomic E-state index is 0.191. The molecule has 8 nitrogen and oxygen atoms in total. The number of likely N-dealkylation sites (tertiary alicyclic amines) is 1. The third kappa shape index (κ3) is 3.79. The van der Waals surface area contributed by atoms with Crippen LogP contribution in [-0.2, 0) is 4.79 Å². The molecule has 1 aromatic carbocycles. The molecule has 2 N–H and O–H groups in total. The minimum Gasteiger partial charge on any atom is -0.493 e. The smallest absolute Gasteiger partial charge is 0.317 e. The van der Waals surface area contributed by atoms with E-state index in [0.29, 0.717) is 30.2 Å². The predicted molar refractivity (Wildman–Crippen MR) is 95.0 cm³/mol. The van der Waals surface area contributed by atoms with Gasteiger partial charge in [-0.05, 0) is 38.0 Å². The second-order valence-corrected chi connectivity index (χ2v) is 6.67. The van der Waals surface area contributed by atoms with E-state index in [2.05, 4.69) is 5.32 Å². The van der Waals surface area contributed by atoms with Crippen LogP contribution in [0.3, 0.4) is 0 Å². The van der Waals surface area contributed by atoms with Crippen LogP contribution in [0, 0.1) is 5.41 Å². The molecule has 1 saturated heterocycles. The fourth-order valence-electron chi connectivity index (χ4n) is 3.02. The number of carboxylic acids is 1. The first-order valence-electron chi connectivity index (χ1n) is 8.34. The van der Waals surface area contributed by atoms with Crippen LogP contribution in [0.4, 0.5) is 4.79 Å². The molecule has 1 aromatic rings. The fraction of sp³-hybridized carbons (Fsp3) is 0.556. The van der Waals surface area contributed by atoms with Gasteiger partial charge in [-0.3, -0.25) is 4.79 Å². The van der Waals surface area contributed by atoms with E-state index < -0.39 is 11.4 Å². The molecule has 0 radical (unpaired) electrons. The number of ether oxygens (including phenoxy) is 3. The van der Waals surface area contributed by atoms with Crippen molar-refractivity contribution in [3.05, 3.63) is 17.7 Å². The molecule has 26 heavy (non-hydrogen) atoms. The zero-order chi connectivity index (χ0) is 19.5. The highest BCUT2D eigenvalue weighted by Gasteiger charge is 2.42. The SMILES string of the molecule is COc1cc(C(C)NC(=O)N2CCC(C)(C(=O)O)C2)cc(OC)c1OC. The number of carbonyl (C=O) groups is 2. The summed E-state index contributed by atoms with van der Waals surface area (Å²) < 4.78 is 16.0. The Morgan fingerprint density at radius 3 is 2.19 bits per heavy atom. The maximum absolute atomic E-state index is 12.5. The van der Waals surface area contributed by atoms with Gasteiger partial charge in [0.2, 0.25) is 5.75 Å². The van der Waals surface area contributed by atoms with Crippen molar-refractivity contribution in [1.29, 1.82) is 0 Å². The average Bonchev–Trinajstić information content (AvgIpc) is 3.04. The van der Waals surface area contributed by atoms with Gasteiger partial charge >= 0.3 is 12.0 Å². The van der Waals surface area contributed by atoms with Crippen molar-refractivity contribution in [2.75, 3.05) is 34.4 Å². The number of carbonyl (C=O) groups excluding carboxylic acids is 1. The van der Waals surface area contributed by atoms with Gasteiger partial charge in [-0.15, -0.1) is 0 Å². The van der Waals surface area contributed by atoms with E-state index in [1.54, 1.807) is 19.1 Å². The standard InChI is InChI=1S/C18H26N2O6/c1-11(12-8-13(24-3)15(26-5)14(9-12)25-4)19-17(23)20-7-6-18(2,10-20)16(21)22/h8-9,11H,6-7,10H2,1-5H3,(H,19,23)(H,21,22). The predicted octanol–water partition coefficient (Wildman–Crippen LogP) is 2.28. The van der Waals surface area contributed by atoms with Crippen molar-refractivity contribution in [2.24, 2.45) is 5.41 Å². The number of nitrogens with zero attached hydrogens (tertiary/aromatic N) is 1. The Bertz CT molecular complexity index is 667. The number of amides is 2. The molecule has 144 valence electrons. The van der Waals surface area contributed by atoms with E-state index in [4.69, 9.17) is 14.2 Å². The van der Waals surface area contributed by atoms with Crippen molar-refractivity contribution in [3.63, 3.8) is 0 Å². The van der Waals surface area contributed by atoms with Gasteiger partial charge in [0.05, 0.1) is 32.8 Å². The summed E-state index contributed by atoms with van der Waals surface area (Å²) >= 11 is 0. The molecule has 0 spiro atoms. The number of carboxylic acid groups (broad SMARTS) is 1. The van der Waals surface area contributed by atoms with Crippen LogP contribution in [0.2, 0.25) is 0 Å². The molecule has 0 aromatic heterocycles. The molecule has 1 fully saturated rings. The van der Waals surface area contributed by atoms with E-state index in [1.165, 1.54) is 26.2 Å². The Morgan fingerprint density at radius 2 is 1.77 bits per heavy atom. The number of rotatable bonds is 6. The number of benzene rings is 1. The van der Waals surface area contributed by atoms with Crippen molar-refractivity contribution in [1.82, 2.24) is 10.2 Å². The number of aliphatic carboxylic acids is 1. The average molecular weight is 366 g/mol. The molecule has 0 saturated carbocycles. The molecule has 2 unspecified atom stereocenters. The zero-order valence-electron chi connectivity index (χ0n) is 15.8. The Labute approximate surface area is 153 Å². The van der Waals surface area contributed by atoms with Gasteiger partial charge in [-0.25, -0.2) is 4.79 Å². The second-order valence-electron chi connectivity index (χ2n) is 6.67. The maximum atomic E-state index is 12.5. The number of nitrogens with one attached hydrogen (secondary N) is 1. The molecule has 1 aliphatic heterocycles. The van der Waals surface area contributed by atoms with Crippen molar-refractivity contribution >= 4 is 12.0 Å². The van der Waals surface area contributed by atoms with E-state index in [9.17, 15) is 14.7 Å². The fourth-order valence-corrected chi connectivity index (χ4v) is 3.02. The Balaban J connectivity index is 2.14. The summed E-state index contributed by atoms with van der Waals surface area (Å²) in [4.78, 5) is 25.4. The summed E-state index contributed by atoms with van der Waals surface area (Å²) in [6, 6.07) is 2.93. The molecule has 2 atom stereocenters. The van der Waals surface area contributed by atoms with Crippen molar-refractivity contribution in [3.8, 4) is 17.2 Å². The highest BCUT2D eigenvalue weighted by atomic mass is 16.5. The van der Waals surface area contributed by atoms with Crippen LogP contribution >= 0.6 is 0 Å². The first-order valence-corrected chi connectivity index (χ1v) is 8.34. The maximum Gasteiger partial charge on any atom is 0.317 e. The summed E-state index contributed by atoms with van der Waals surface area (Å²) in [5.74, 6) is 0.602. The lowest BCUT2D eigenvalue weighted by atomic mass is 9.90. The van der Waals surface area contributed by atoms with Crippen LogP contribution in [0.5, 0.6) is 17.2 Å². The van der Waals surface area contributed by atoms with E-state index in [1.807, 2.05) is 6.92 Å². The minimum atomic E-state index is -0.896. The van der Waals surface area contributed by atoms with Gasteiger partial charge in [0.1, 0.15) is 0 Å². The quantitative estimate of drug-likeness (QED) is 0.802. The number of hydrogen-bond acceptors (Lipinski definition) is 5. The number of hydrogen-bond donors (Lipinski definition) is 2. The second kappa shape index (κ2) is 7.72. The lowest BCUT2D eigenvalue weighted by molar-refractivity contribution is -0.147. The van der Waals surface area contributed by atoms with Crippen LogP contribution < -0.4 is 19.5 Å². The molecular formula is C18H26N2O6. The van der Waals surface area contributed by atoms with Gasteiger partial charge in [0.25, 0.3) is 0 Å². The van der Waals surface area contributed by atoms with E-state index >= 15 is 0 Å². The summed E-state index contributed by atoms with van der Waals surface area (Å²) in [5.41, 5.74) is -0.110. The summed E-state index contributed by atoms with van der Waals surface area (Å²) in [6.45, 7) is 4.10. The number of methoxy groups -OCH3 is 3. The van der Waals surface area contributed by atoms with Gasteiger partial charge in [0.15, 0.2) is 11.5 Å². The monoisotopic (exact) mass is 366 g/mol.